The van der Waals surface area contributed by atoms with Crippen molar-refractivity contribution in [1.82, 2.24) is 0 Å². The maximum atomic E-state index is 13.8. The van der Waals surface area contributed by atoms with E-state index in [2.05, 4.69) is 87.8 Å². The summed E-state index contributed by atoms with van der Waals surface area (Å²) in [6.45, 7) is 26.4. The predicted octanol–water partition coefficient (Wildman–Crippen LogP) is 12.1. The summed E-state index contributed by atoms with van der Waals surface area (Å²) in [6, 6.07) is 25.9. The highest BCUT2D eigenvalue weighted by Crippen LogP contribution is 2.56. The second-order valence-corrected chi connectivity index (χ2v) is 31.9. The molecular formula is C48H73N6O11PSi2. The zero-order valence-electron chi connectivity index (χ0n) is 41.8. The van der Waals surface area contributed by atoms with Crippen LogP contribution in [0.3, 0.4) is 0 Å². The number of azide groups is 2. The first-order chi connectivity index (χ1) is 32.0. The van der Waals surface area contributed by atoms with Crippen molar-refractivity contribution in [2.45, 2.75) is 167 Å². The maximum absolute atomic E-state index is 13.8. The van der Waals surface area contributed by atoms with Gasteiger partial charge in [0.15, 0.2) is 29.2 Å². The Balaban J connectivity index is 0.000000271. The van der Waals surface area contributed by atoms with E-state index < -0.39 is 79.5 Å². The zero-order chi connectivity index (χ0) is 49.9. The Hall–Kier alpha value is -3.46. The van der Waals surface area contributed by atoms with Gasteiger partial charge in [-0.05, 0) is 81.4 Å². The Kier molecular flexibility index (Phi) is 19.7. The lowest BCUT2D eigenvalue weighted by Crippen LogP contribution is -2.58. The van der Waals surface area contributed by atoms with Gasteiger partial charge in [-0.2, -0.15) is 0 Å². The van der Waals surface area contributed by atoms with E-state index in [0.29, 0.717) is 13.2 Å². The molecule has 2 saturated heterocycles. The van der Waals surface area contributed by atoms with Crippen molar-refractivity contribution in [1.29, 1.82) is 0 Å². The standard InChI is InChI=1S/C28H40N3O7PSi.C20H33N3O4Si/c1-20-25(30-31-29)27(38-40(5,6)28(2,3)4)36-24(19-33-16-21-12-8-7-9-13-21)26(20)37-39(32)34-17-22-14-10-11-15-23(22)18-35-39;1-14-17(22-23-21)19(27-28(5,6)20(2,3)4)26-16(18(14)24)13-25-12-15-10-8-7-9-11-15/h7-15,20,24-27H,16-19H2,1-6H3;7-11,14,16-19,24H,12-13H2,1-6H3/t20-,24?,25?,26+,27+;14-,16?,17?,18+,19+/m11/s1. The Morgan fingerprint density at radius 3 is 1.49 bits per heavy atom. The molecule has 1 N–H and O–H groups in total. The number of nitrogens with zero attached hydrogens (tertiary/aromatic N) is 6. The van der Waals surface area contributed by atoms with Crippen LogP contribution in [0, 0.1) is 11.8 Å². The van der Waals surface area contributed by atoms with Gasteiger partial charge in [-0.15, -0.1) is 0 Å². The first-order valence-electron chi connectivity index (χ1n) is 23.3. The average Bonchev–Trinajstić information content (AvgIpc) is 3.45. The van der Waals surface area contributed by atoms with Crippen LogP contribution in [0.15, 0.2) is 95.2 Å². The molecule has 3 aliphatic heterocycles. The van der Waals surface area contributed by atoms with Gasteiger partial charge in [0.25, 0.3) is 0 Å². The van der Waals surface area contributed by atoms with E-state index in [1.807, 2.05) is 98.8 Å². The number of ether oxygens (including phenoxy) is 4. The van der Waals surface area contributed by atoms with Crippen molar-refractivity contribution in [3.05, 3.63) is 128 Å². The molecule has 3 aromatic rings. The Bertz CT molecular complexity index is 2180. The summed E-state index contributed by atoms with van der Waals surface area (Å²) in [5, 5.41) is 18.5. The normalized spacial score (nSPS) is 27.5. The Morgan fingerprint density at radius 1 is 0.662 bits per heavy atom. The molecule has 10 atom stereocenters. The van der Waals surface area contributed by atoms with Crippen molar-refractivity contribution in [2.75, 3.05) is 13.2 Å². The molecular weight excluding hydrogens is 924 g/mol. The van der Waals surface area contributed by atoms with Crippen molar-refractivity contribution >= 4 is 24.5 Å². The predicted molar refractivity (Wildman–Crippen MR) is 265 cm³/mol. The monoisotopic (exact) mass is 996 g/mol. The van der Waals surface area contributed by atoms with E-state index in [1.165, 1.54) is 0 Å². The number of phosphoric acid groups is 1. The minimum Gasteiger partial charge on any atom is -0.392 e. The molecule has 68 heavy (non-hydrogen) atoms. The average molecular weight is 997 g/mol. The molecule has 6 rings (SSSR count). The summed E-state index contributed by atoms with van der Waals surface area (Å²) < 4.78 is 68.8. The number of fused-ring (bicyclic) bond motifs is 1. The summed E-state index contributed by atoms with van der Waals surface area (Å²) in [5.41, 5.74) is 22.2. The first kappa shape index (κ1) is 55.5. The molecule has 17 nitrogen and oxygen atoms in total. The summed E-state index contributed by atoms with van der Waals surface area (Å²) in [5.74, 6) is -0.752. The molecule has 0 bridgehead atoms. The number of hydrogen-bond donors (Lipinski definition) is 1. The van der Waals surface area contributed by atoms with Gasteiger partial charge < -0.3 is 32.9 Å². The Morgan fingerprint density at radius 2 is 1.06 bits per heavy atom. The molecule has 374 valence electrons. The highest BCUT2D eigenvalue weighted by Gasteiger charge is 2.52. The van der Waals surface area contributed by atoms with Crippen LogP contribution >= 0.6 is 7.82 Å². The molecule has 3 heterocycles. The van der Waals surface area contributed by atoms with Crippen molar-refractivity contribution in [2.24, 2.45) is 22.1 Å². The largest absolute Gasteiger partial charge is 0.475 e. The van der Waals surface area contributed by atoms with Gasteiger partial charge in [0.1, 0.15) is 18.3 Å². The fraction of sp³-hybridized carbons (Fsp3) is 0.625. The van der Waals surface area contributed by atoms with E-state index >= 15 is 0 Å². The maximum Gasteiger partial charge on any atom is 0.475 e. The van der Waals surface area contributed by atoms with Gasteiger partial charge in [0.05, 0.1) is 57.8 Å². The lowest BCUT2D eigenvalue weighted by Gasteiger charge is -2.48. The van der Waals surface area contributed by atoms with Gasteiger partial charge in [-0.1, -0.05) is 151 Å². The molecule has 0 saturated carbocycles. The molecule has 0 aromatic heterocycles. The number of phosphoric ester groups is 1. The van der Waals surface area contributed by atoms with Crippen LogP contribution in [0.2, 0.25) is 36.3 Å². The number of hydrogen-bond acceptors (Lipinski definition) is 13. The SMILES string of the molecule is C[C@@H]1C(N=[N+]=[N-])[C@H](O[Si](C)(C)C(C)(C)C)OC(COCc2ccccc2)[C@H]1O.C[C@@H]1C(N=[N+]=[N-])[C@H](O[Si](C)(C)C(C)(C)C)OC(COCc2ccccc2)[C@H]1OP1(=O)OCc2ccccc2CO1. The van der Waals surface area contributed by atoms with Crippen molar-refractivity contribution < 1.29 is 51.0 Å². The molecule has 0 aliphatic carbocycles. The van der Waals surface area contributed by atoms with Gasteiger partial charge in [0, 0.05) is 9.82 Å². The highest BCUT2D eigenvalue weighted by atomic mass is 31.2. The van der Waals surface area contributed by atoms with Gasteiger partial charge in [0.2, 0.25) is 0 Å². The summed E-state index contributed by atoms with van der Waals surface area (Å²) >= 11 is 0. The van der Waals surface area contributed by atoms with Crippen molar-refractivity contribution in [3.8, 4) is 0 Å². The van der Waals surface area contributed by atoms with E-state index in [9.17, 15) is 15.2 Å². The Labute approximate surface area is 404 Å². The first-order valence-corrected chi connectivity index (χ1v) is 30.6. The third-order valence-electron chi connectivity index (χ3n) is 13.8. The quantitative estimate of drug-likeness (QED) is 0.0468. The lowest BCUT2D eigenvalue weighted by atomic mass is 9.89. The van der Waals surface area contributed by atoms with E-state index in [0.717, 1.165) is 22.3 Å². The fourth-order valence-electron chi connectivity index (χ4n) is 7.35. The highest BCUT2D eigenvalue weighted by molar-refractivity contribution is 7.48. The van der Waals surface area contributed by atoms with E-state index in [-0.39, 0.29) is 42.4 Å². The molecule has 3 aromatic carbocycles. The van der Waals surface area contributed by atoms with Gasteiger partial charge >= 0.3 is 7.82 Å². The third-order valence-corrected chi connectivity index (χ3v) is 24.0. The minimum atomic E-state index is -4.01. The summed E-state index contributed by atoms with van der Waals surface area (Å²) in [4.78, 5) is 6.03. The minimum absolute atomic E-state index is 0.0180. The molecule has 0 radical (unpaired) electrons. The zero-order valence-corrected chi connectivity index (χ0v) is 44.7. The number of benzene rings is 3. The summed E-state index contributed by atoms with van der Waals surface area (Å²) in [7, 11) is -8.49. The number of aliphatic hydroxyl groups is 1. The van der Waals surface area contributed by atoms with Gasteiger partial charge in [-0.3, -0.25) is 13.6 Å². The van der Waals surface area contributed by atoms with Crippen LogP contribution in [-0.2, 0) is 72.4 Å². The van der Waals surface area contributed by atoms with Crippen molar-refractivity contribution in [3.63, 3.8) is 0 Å². The topological polar surface area (TPSA) is 218 Å². The fourth-order valence-corrected chi connectivity index (χ4v) is 11.0. The van der Waals surface area contributed by atoms with Crippen LogP contribution in [0.25, 0.3) is 20.9 Å². The second kappa shape index (κ2) is 24.1. The lowest BCUT2D eigenvalue weighted by molar-refractivity contribution is -0.231. The molecule has 0 amide bonds. The van der Waals surface area contributed by atoms with Gasteiger partial charge in [-0.25, -0.2) is 4.57 Å². The van der Waals surface area contributed by atoms with Crippen LogP contribution < -0.4 is 0 Å². The van der Waals surface area contributed by atoms with Crippen LogP contribution in [0.1, 0.15) is 77.6 Å². The molecule has 2 fully saturated rings. The number of rotatable bonds is 16. The smallest absolute Gasteiger partial charge is 0.392 e. The molecule has 4 unspecified atom stereocenters. The number of aliphatic hydroxyl groups excluding tert-OH is 1. The van der Waals surface area contributed by atoms with E-state index in [1.54, 1.807) is 0 Å². The molecule has 20 heteroatoms. The molecule has 3 aliphatic rings. The second-order valence-electron chi connectivity index (χ2n) is 20.8. The van der Waals surface area contributed by atoms with E-state index in [4.69, 9.17) is 46.9 Å². The summed E-state index contributed by atoms with van der Waals surface area (Å²) in [6.07, 6.45) is -4.37. The van der Waals surface area contributed by atoms with Crippen LogP contribution in [0.4, 0.5) is 0 Å². The van der Waals surface area contributed by atoms with Crippen LogP contribution in [0.5, 0.6) is 0 Å². The third kappa shape index (κ3) is 14.8. The molecule has 0 spiro atoms. The van der Waals surface area contributed by atoms with Crippen LogP contribution in [-0.4, -0.2) is 84.0 Å².